The molecule has 3 amide bonds. The SMILES string of the molecule is C=CCOc1ccccc1OCC(O)CNCCN1C(=O)CN(c2ccccc2)C1=O. The van der Waals surface area contributed by atoms with Crippen LogP contribution in [0.15, 0.2) is 67.3 Å². The van der Waals surface area contributed by atoms with Crippen molar-refractivity contribution in [3.8, 4) is 11.5 Å². The van der Waals surface area contributed by atoms with E-state index in [0.29, 0.717) is 30.3 Å². The number of imide groups is 1. The van der Waals surface area contributed by atoms with Gasteiger partial charge in [0.2, 0.25) is 0 Å². The molecule has 1 heterocycles. The summed E-state index contributed by atoms with van der Waals surface area (Å²) >= 11 is 0. The number of hydrogen-bond donors (Lipinski definition) is 2. The molecule has 8 nitrogen and oxygen atoms in total. The van der Waals surface area contributed by atoms with Crippen molar-refractivity contribution in [2.24, 2.45) is 0 Å². The molecule has 1 atom stereocenters. The Hall–Kier alpha value is -3.36. The second kappa shape index (κ2) is 11.1. The summed E-state index contributed by atoms with van der Waals surface area (Å²) in [5, 5.41) is 13.2. The Kier molecular flexibility index (Phi) is 8.03. The third kappa shape index (κ3) is 6.07. The molecule has 2 N–H and O–H groups in total. The first-order valence-electron chi connectivity index (χ1n) is 10.1. The van der Waals surface area contributed by atoms with Gasteiger partial charge in [-0.05, 0) is 24.3 Å². The molecule has 164 valence electrons. The predicted octanol–water partition coefficient (Wildman–Crippen LogP) is 2.05. The van der Waals surface area contributed by atoms with Crippen LogP contribution in [0.5, 0.6) is 11.5 Å². The monoisotopic (exact) mass is 425 g/mol. The average Bonchev–Trinajstić information content (AvgIpc) is 3.08. The number of nitrogens with one attached hydrogen (secondary N) is 1. The zero-order valence-electron chi connectivity index (χ0n) is 17.3. The molecule has 8 heteroatoms. The Morgan fingerprint density at radius 2 is 1.74 bits per heavy atom. The van der Waals surface area contributed by atoms with E-state index in [1.165, 1.54) is 9.80 Å². The largest absolute Gasteiger partial charge is 0.487 e. The fraction of sp³-hybridized carbons (Fsp3) is 0.304. The zero-order chi connectivity index (χ0) is 22.1. The molecule has 0 aromatic heterocycles. The lowest BCUT2D eigenvalue weighted by Gasteiger charge is -2.18. The number of carbonyl (C=O) groups excluding carboxylic acids is 2. The summed E-state index contributed by atoms with van der Waals surface area (Å²) in [5.74, 6) is 0.880. The Labute approximate surface area is 181 Å². The van der Waals surface area contributed by atoms with E-state index in [-0.39, 0.29) is 38.2 Å². The first-order valence-corrected chi connectivity index (χ1v) is 10.1. The Morgan fingerprint density at radius 1 is 1.06 bits per heavy atom. The third-order valence-electron chi connectivity index (χ3n) is 4.65. The van der Waals surface area contributed by atoms with Crippen LogP contribution in [-0.2, 0) is 4.79 Å². The number of rotatable bonds is 12. The number of amides is 3. The zero-order valence-corrected chi connectivity index (χ0v) is 17.3. The molecule has 0 radical (unpaired) electrons. The van der Waals surface area contributed by atoms with Gasteiger partial charge in [-0.25, -0.2) is 4.79 Å². The highest BCUT2D eigenvalue weighted by Gasteiger charge is 2.36. The number of carbonyl (C=O) groups is 2. The Balaban J connectivity index is 1.39. The van der Waals surface area contributed by atoms with Crippen molar-refractivity contribution in [2.45, 2.75) is 6.10 Å². The predicted molar refractivity (Wildman–Crippen MR) is 117 cm³/mol. The van der Waals surface area contributed by atoms with Gasteiger partial charge in [0.1, 0.15) is 25.9 Å². The van der Waals surface area contributed by atoms with Gasteiger partial charge in [-0.15, -0.1) is 0 Å². The maximum atomic E-state index is 12.5. The van der Waals surface area contributed by atoms with Gasteiger partial charge in [-0.2, -0.15) is 0 Å². The normalized spacial score (nSPS) is 14.6. The van der Waals surface area contributed by atoms with E-state index in [1.54, 1.807) is 30.3 Å². The minimum absolute atomic E-state index is 0.0344. The van der Waals surface area contributed by atoms with E-state index in [0.717, 1.165) is 0 Å². The van der Waals surface area contributed by atoms with Crippen molar-refractivity contribution >= 4 is 17.6 Å². The second-order valence-electron chi connectivity index (χ2n) is 6.97. The van der Waals surface area contributed by atoms with Gasteiger partial charge in [-0.1, -0.05) is 43.0 Å². The average molecular weight is 425 g/mol. The molecule has 31 heavy (non-hydrogen) atoms. The number of ether oxygens (including phenoxy) is 2. The van der Waals surface area contributed by atoms with Gasteiger partial charge >= 0.3 is 6.03 Å². The van der Waals surface area contributed by atoms with Gasteiger partial charge in [0.05, 0.1) is 0 Å². The van der Waals surface area contributed by atoms with E-state index in [1.807, 2.05) is 30.3 Å². The number of urea groups is 1. The molecule has 1 fully saturated rings. The number of benzene rings is 2. The lowest BCUT2D eigenvalue weighted by atomic mass is 10.3. The summed E-state index contributed by atoms with van der Waals surface area (Å²) in [5.41, 5.74) is 0.696. The smallest absolute Gasteiger partial charge is 0.331 e. The van der Waals surface area contributed by atoms with Crippen LogP contribution in [0.4, 0.5) is 10.5 Å². The summed E-state index contributed by atoms with van der Waals surface area (Å²) in [6, 6.07) is 16.0. The minimum atomic E-state index is -0.766. The highest BCUT2D eigenvalue weighted by molar-refractivity contribution is 6.12. The molecule has 0 bridgehead atoms. The van der Waals surface area contributed by atoms with Crippen molar-refractivity contribution < 1.29 is 24.2 Å². The number of anilines is 1. The standard InChI is InChI=1S/C23H27N3O5/c1-2-14-30-20-10-6-7-11-21(20)31-17-19(27)15-24-12-13-25-22(28)16-26(23(25)29)18-8-4-3-5-9-18/h2-11,19,24,27H,1,12-17H2. The number of nitrogens with zero attached hydrogens (tertiary/aromatic N) is 2. The van der Waals surface area contributed by atoms with Crippen LogP contribution in [-0.4, -0.2) is 67.4 Å². The number of hydrogen-bond acceptors (Lipinski definition) is 6. The van der Waals surface area contributed by atoms with Gasteiger partial charge < -0.3 is 19.9 Å². The van der Waals surface area contributed by atoms with Crippen LogP contribution < -0.4 is 19.7 Å². The molecule has 3 rings (SSSR count). The van der Waals surface area contributed by atoms with Gasteiger partial charge in [0.15, 0.2) is 11.5 Å². The van der Waals surface area contributed by atoms with E-state index >= 15 is 0 Å². The highest BCUT2D eigenvalue weighted by atomic mass is 16.5. The Morgan fingerprint density at radius 3 is 2.45 bits per heavy atom. The quantitative estimate of drug-likeness (QED) is 0.307. The molecule has 0 aliphatic carbocycles. The maximum absolute atomic E-state index is 12.5. The minimum Gasteiger partial charge on any atom is -0.487 e. The summed E-state index contributed by atoms with van der Waals surface area (Å²) in [7, 11) is 0. The van der Waals surface area contributed by atoms with Gasteiger partial charge in [0.25, 0.3) is 5.91 Å². The van der Waals surface area contributed by atoms with Crippen LogP contribution in [0.3, 0.4) is 0 Å². The summed E-state index contributed by atoms with van der Waals surface area (Å²) in [6.07, 6.45) is 0.878. The fourth-order valence-electron chi connectivity index (χ4n) is 3.11. The van der Waals surface area contributed by atoms with Crippen LogP contribution >= 0.6 is 0 Å². The van der Waals surface area contributed by atoms with Crippen molar-refractivity contribution in [2.75, 3.05) is 44.3 Å². The van der Waals surface area contributed by atoms with Crippen molar-refractivity contribution in [3.05, 3.63) is 67.3 Å². The Bertz CT molecular complexity index is 890. The van der Waals surface area contributed by atoms with Crippen LogP contribution in [0, 0.1) is 0 Å². The summed E-state index contributed by atoms with van der Waals surface area (Å²) < 4.78 is 11.2. The number of aliphatic hydroxyl groups is 1. The molecule has 0 saturated carbocycles. The lowest BCUT2D eigenvalue weighted by Crippen LogP contribution is -2.40. The maximum Gasteiger partial charge on any atom is 0.331 e. The summed E-state index contributed by atoms with van der Waals surface area (Å²) in [6.45, 7) is 4.94. The first-order chi connectivity index (χ1) is 15.1. The van der Waals surface area contributed by atoms with Crippen LogP contribution in [0.1, 0.15) is 0 Å². The van der Waals surface area contributed by atoms with Gasteiger partial charge in [-0.3, -0.25) is 14.6 Å². The molecule has 0 spiro atoms. The van der Waals surface area contributed by atoms with Crippen molar-refractivity contribution in [3.63, 3.8) is 0 Å². The molecule has 1 saturated heterocycles. The van der Waals surface area contributed by atoms with E-state index in [4.69, 9.17) is 9.47 Å². The van der Waals surface area contributed by atoms with Crippen molar-refractivity contribution in [1.29, 1.82) is 0 Å². The number of aliphatic hydroxyl groups excluding tert-OH is 1. The number of para-hydroxylation sites is 3. The topological polar surface area (TPSA) is 91.3 Å². The molecular formula is C23H27N3O5. The highest BCUT2D eigenvalue weighted by Crippen LogP contribution is 2.26. The molecule has 1 aliphatic heterocycles. The molecular weight excluding hydrogens is 398 g/mol. The molecule has 1 unspecified atom stereocenters. The third-order valence-corrected chi connectivity index (χ3v) is 4.65. The van der Waals surface area contributed by atoms with E-state index < -0.39 is 6.10 Å². The molecule has 2 aromatic rings. The fourth-order valence-corrected chi connectivity index (χ4v) is 3.11. The lowest BCUT2D eigenvalue weighted by molar-refractivity contribution is -0.124. The summed E-state index contributed by atoms with van der Waals surface area (Å²) in [4.78, 5) is 27.4. The van der Waals surface area contributed by atoms with Crippen LogP contribution in [0.25, 0.3) is 0 Å². The van der Waals surface area contributed by atoms with Gasteiger partial charge in [0, 0.05) is 25.3 Å². The molecule has 2 aromatic carbocycles. The van der Waals surface area contributed by atoms with E-state index in [9.17, 15) is 14.7 Å². The molecule has 1 aliphatic rings. The van der Waals surface area contributed by atoms with Crippen LogP contribution in [0.2, 0.25) is 0 Å². The second-order valence-corrected chi connectivity index (χ2v) is 6.97. The first kappa shape index (κ1) is 22.3. The van der Waals surface area contributed by atoms with Crippen molar-refractivity contribution in [1.82, 2.24) is 10.2 Å². The van der Waals surface area contributed by atoms with E-state index in [2.05, 4.69) is 11.9 Å².